The fourth-order valence-corrected chi connectivity index (χ4v) is 3.02. The quantitative estimate of drug-likeness (QED) is 0.799. The van der Waals surface area contributed by atoms with E-state index in [1.807, 2.05) is 0 Å². The lowest BCUT2D eigenvalue weighted by Gasteiger charge is -2.24. The Bertz CT molecular complexity index is 321. The molecule has 0 bridgehead atoms. The third kappa shape index (κ3) is 4.77. The molecule has 2 rings (SSSR count). The van der Waals surface area contributed by atoms with Gasteiger partial charge < -0.3 is 15.8 Å². The van der Waals surface area contributed by atoms with Crippen LogP contribution in [0.5, 0.6) is 0 Å². The highest BCUT2D eigenvalue weighted by Gasteiger charge is 2.41. The van der Waals surface area contributed by atoms with Crippen LogP contribution in [0.25, 0.3) is 0 Å². The lowest BCUT2D eigenvalue weighted by molar-refractivity contribution is -0.122. The minimum atomic E-state index is -0.0540. The highest BCUT2D eigenvalue weighted by atomic mass is 16.5. The van der Waals surface area contributed by atoms with Gasteiger partial charge in [0, 0.05) is 19.1 Å². The van der Waals surface area contributed by atoms with Crippen LogP contribution in [0, 0.1) is 11.3 Å². The summed E-state index contributed by atoms with van der Waals surface area (Å²) < 4.78 is 5.73. The van der Waals surface area contributed by atoms with E-state index in [2.05, 4.69) is 26.1 Å². The summed E-state index contributed by atoms with van der Waals surface area (Å²) in [7, 11) is 0. The summed E-state index contributed by atoms with van der Waals surface area (Å²) in [6.07, 6.45) is 4.99. The first kappa shape index (κ1) is 14.8. The summed E-state index contributed by atoms with van der Waals surface area (Å²) in [5, 5.41) is 3.12. The first-order valence-corrected chi connectivity index (χ1v) is 7.52. The third-order valence-corrected chi connectivity index (χ3v) is 3.89. The van der Waals surface area contributed by atoms with Crippen molar-refractivity contribution >= 4 is 5.91 Å². The van der Waals surface area contributed by atoms with Crippen LogP contribution >= 0.6 is 0 Å². The second kappa shape index (κ2) is 5.80. The van der Waals surface area contributed by atoms with Gasteiger partial charge in [0.05, 0.1) is 12.1 Å². The Hall–Kier alpha value is -0.610. The van der Waals surface area contributed by atoms with Gasteiger partial charge in [-0.15, -0.1) is 0 Å². The van der Waals surface area contributed by atoms with Crippen molar-refractivity contribution in [2.24, 2.45) is 17.1 Å². The average molecular weight is 268 g/mol. The first-order valence-electron chi connectivity index (χ1n) is 7.52. The van der Waals surface area contributed by atoms with E-state index in [-0.39, 0.29) is 29.5 Å². The molecule has 1 saturated carbocycles. The third-order valence-electron chi connectivity index (χ3n) is 3.89. The fraction of sp³-hybridized carbons (Fsp3) is 0.933. The molecule has 0 aromatic heterocycles. The Morgan fingerprint density at radius 3 is 2.63 bits per heavy atom. The van der Waals surface area contributed by atoms with Gasteiger partial charge in [-0.05, 0) is 37.0 Å². The van der Waals surface area contributed by atoms with E-state index in [0.29, 0.717) is 12.3 Å². The molecule has 1 heterocycles. The first-order chi connectivity index (χ1) is 8.85. The summed E-state index contributed by atoms with van der Waals surface area (Å²) in [4.78, 5) is 12.0. The molecule has 0 aromatic rings. The lowest BCUT2D eigenvalue weighted by atomic mass is 9.87. The van der Waals surface area contributed by atoms with Crippen LogP contribution in [-0.2, 0) is 9.53 Å². The number of nitrogens with one attached hydrogen (secondary N) is 1. The van der Waals surface area contributed by atoms with Crippen molar-refractivity contribution in [1.82, 2.24) is 5.32 Å². The molecule has 1 aliphatic heterocycles. The number of rotatable bonds is 5. The molecular formula is C15H28N2O2. The minimum absolute atomic E-state index is 0.0540. The average Bonchev–Trinajstić information content (AvgIpc) is 2.97. The molecule has 19 heavy (non-hydrogen) atoms. The molecule has 0 radical (unpaired) electrons. The van der Waals surface area contributed by atoms with Crippen molar-refractivity contribution < 1.29 is 9.53 Å². The Balaban J connectivity index is 1.74. The van der Waals surface area contributed by atoms with Gasteiger partial charge in [0.15, 0.2) is 0 Å². The molecule has 110 valence electrons. The van der Waals surface area contributed by atoms with Crippen LogP contribution in [0.4, 0.5) is 0 Å². The maximum atomic E-state index is 12.0. The van der Waals surface area contributed by atoms with Crippen LogP contribution in [0.3, 0.4) is 0 Å². The van der Waals surface area contributed by atoms with Crippen molar-refractivity contribution in [1.29, 1.82) is 0 Å². The molecule has 1 saturated heterocycles. The zero-order chi connectivity index (χ0) is 14.0. The van der Waals surface area contributed by atoms with E-state index >= 15 is 0 Å². The van der Waals surface area contributed by atoms with Crippen molar-refractivity contribution in [3.8, 4) is 0 Å². The number of hydrogen-bond donors (Lipinski definition) is 2. The molecule has 1 amide bonds. The number of hydrogen-bond acceptors (Lipinski definition) is 3. The van der Waals surface area contributed by atoms with Crippen LogP contribution in [-0.4, -0.2) is 30.7 Å². The highest BCUT2D eigenvalue weighted by molar-refractivity contribution is 5.77. The van der Waals surface area contributed by atoms with E-state index in [0.717, 1.165) is 19.4 Å². The number of amides is 1. The Labute approximate surface area is 116 Å². The van der Waals surface area contributed by atoms with Gasteiger partial charge in [0.25, 0.3) is 0 Å². The number of nitrogens with two attached hydrogens (primary N) is 1. The van der Waals surface area contributed by atoms with Gasteiger partial charge in [-0.2, -0.15) is 0 Å². The molecule has 4 heteroatoms. The predicted molar refractivity (Wildman–Crippen MR) is 75.7 cm³/mol. The van der Waals surface area contributed by atoms with E-state index in [4.69, 9.17) is 10.5 Å². The molecule has 0 spiro atoms. The summed E-state index contributed by atoms with van der Waals surface area (Å²) in [6.45, 7) is 7.23. The van der Waals surface area contributed by atoms with Gasteiger partial charge in [-0.1, -0.05) is 20.8 Å². The van der Waals surface area contributed by atoms with Gasteiger partial charge in [-0.3, -0.25) is 4.79 Å². The van der Waals surface area contributed by atoms with Crippen molar-refractivity contribution in [2.75, 3.05) is 6.61 Å². The van der Waals surface area contributed by atoms with Gasteiger partial charge >= 0.3 is 0 Å². The van der Waals surface area contributed by atoms with Crippen molar-refractivity contribution in [3.05, 3.63) is 0 Å². The molecule has 3 unspecified atom stereocenters. The topological polar surface area (TPSA) is 64.4 Å². The van der Waals surface area contributed by atoms with E-state index < -0.39 is 0 Å². The van der Waals surface area contributed by atoms with Crippen LogP contribution in [0.2, 0.25) is 0 Å². The molecule has 2 fully saturated rings. The molecule has 3 atom stereocenters. The van der Waals surface area contributed by atoms with Crippen LogP contribution < -0.4 is 11.1 Å². The monoisotopic (exact) mass is 268 g/mol. The van der Waals surface area contributed by atoms with Crippen LogP contribution in [0.1, 0.15) is 52.9 Å². The largest absolute Gasteiger partial charge is 0.376 e. The van der Waals surface area contributed by atoms with Gasteiger partial charge in [0.2, 0.25) is 5.91 Å². The van der Waals surface area contributed by atoms with E-state index in [1.54, 1.807) is 0 Å². The molecule has 4 nitrogen and oxygen atoms in total. The Morgan fingerprint density at radius 1 is 1.37 bits per heavy atom. The standard InChI is InChI=1S/C15H28N2O2/c1-15(2,3)9-11(16)8-13(18)17-12-6-7-19-14(12)10-4-5-10/h10-12,14H,4-9,16H2,1-3H3,(H,17,18). The number of carbonyl (C=O) groups is 1. The van der Waals surface area contributed by atoms with E-state index in [1.165, 1.54) is 12.8 Å². The smallest absolute Gasteiger partial charge is 0.221 e. The van der Waals surface area contributed by atoms with Crippen molar-refractivity contribution in [2.45, 2.75) is 71.1 Å². The maximum Gasteiger partial charge on any atom is 0.221 e. The van der Waals surface area contributed by atoms with Crippen LogP contribution in [0.15, 0.2) is 0 Å². The normalized spacial score (nSPS) is 29.3. The summed E-state index contributed by atoms with van der Waals surface area (Å²) in [5.74, 6) is 0.758. The molecule has 3 N–H and O–H groups in total. The minimum Gasteiger partial charge on any atom is -0.376 e. The molecular weight excluding hydrogens is 240 g/mol. The zero-order valence-corrected chi connectivity index (χ0v) is 12.4. The Kier molecular flexibility index (Phi) is 4.51. The van der Waals surface area contributed by atoms with Gasteiger partial charge in [-0.25, -0.2) is 0 Å². The Morgan fingerprint density at radius 2 is 2.05 bits per heavy atom. The SMILES string of the molecule is CC(C)(C)CC(N)CC(=O)NC1CCOC1C1CC1. The summed E-state index contributed by atoms with van der Waals surface area (Å²) in [6, 6.07) is 0.156. The highest BCUT2D eigenvalue weighted by Crippen LogP contribution is 2.38. The van der Waals surface area contributed by atoms with Gasteiger partial charge in [0.1, 0.15) is 0 Å². The molecule has 2 aliphatic rings. The fourth-order valence-electron chi connectivity index (χ4n) is 3.02. The summed E-state index contributed by atoms with van der Waals surface area (Å²) in [5.41, 5.74) is 6.22. The molecule has 1 aliphatic carbocycles. The maximum absolute atomic E-state index is 12.0. The second-order valence-electron chi connectivity index (χ2n) is 7.36. The van der Waals surface area contributed by atoms with E-state index in [9.17, 15) is 4.79 Å². The van der Waals surface area contributed by atoms with Crippen molar-refractivity contribution in [3.63, 3.8) is 0 Å². The summed E-state index contributed by atoms with van der Waals surface area (Å²) >= 11 is 0. The predicted octanol–water partition coefficient (Wildman–Crippen LogP) is 1.82. The lowest BCUT2D eigenvalue weighted by Crippen LogP contribution is -2.43. The second-order valence-corrected chi connectivity index (χ2v) is 7.36. The number of ether oxygens (including phenoxy) is 1. The zero-order valence-electron chi connectivity index (χ0n) is 12.4. The molecule has 0 aromatic carbocycles. The number of carbonyl (C=O) groups excluding carboxylic acids is 1.